The molecule has 1 aromatic rings. The molecule has 0 bridgehead atoms. The van der Waals surface area contributed by atoms with Gasteiger partial charge in [-0.25, -0.2) is 0 Å². The van der Waals surface area contributed by atoms with Crippen molar-refractivity contribution < 1.29 is 14.2 Å². The number of pyridine rings is 1. The van der Waals surface area contributed by atoms with Crippen molar-refractivity contribution in [3.8, 4) is 0 Å². The monoisotopic (exact) mass is 296 g/mol. The fraction of sp³-hybridized carbons (Fsp3) is 0.688. The normalized spacial score (nSPS) is 11.2. The van der Waals surface area contributed by atoms with Crippen molar-refractivity contribution in [2.45, 2.75) is 27.0 Å². The number of nitrogens with zero attached hydrogens (tertiary/aromatic N) is 1. The largest absolute Gasteiger partial charge is 0.382 e. The topological polar surface area (TPSA) is 52.6 Å². The van der Waals surface area contributed by atoms with Gasteiger partial charge >= 0.3 is 0 Å². The fourth-order valence-corrected chi connectivity index (χ4v) is 1.74. The number of methoxy groups -OCH3 is 1. The van der Waals surface area contributed by atoms with Crippen molar-refractivity contribution in [2.75, 3.05) is 40.1 Å². The average molecular weight is 296 g/mol. The Balaban J connectivity index is 2.17. The van der Waals surface area contributed by atoms with E-state index < -0.39 is 0 Å². The van der Waals surface area contributed by atoms with Gasteiger partial charge in [0.05, 0.1) is 44.4 Å². The van der Waals surface area contributed by atoms with Crippen LogP contribution in [-0.2, 0) is 27.4 Å². The maximum Gasteiger partial charge on any atom is 0.0889 e. The lowest BCUT2D eigenvalue weighted by atomic mass is 10.2. The predicted molar refractivity (Wildman–Crippen MR) is 83.1 cm³/mol. The minimum absolute atomic E-state index is 0.520. The highest BCUT2D eigenvalue weighted by atomic mass is 16.5. The molecular formula is C16H28N2O3. The molecule has 0 unspecified atom stereocenters. The molecule has 0 saturated carbocycles. The Morgan fingerprint density at radius 1 is 1.05 bits per heavy atom. The Morgan fingerprint density at radius 2 is 1.76 bits per heavy atom. The molecule has 0 saturated heterocycles. The van der Waals surface area contributed by atoms with E-state index in [2.05, 4.69) is 24.1 Å². The molecule has 0 atom stereocenters. The van der Waals surface area contributed by atoms with Crippen LogP contribution in [0.4, 0.5) is 0 Å². The Bertz CT molecular complexity index is 372. The van der Waals surface area contributed by atoms with E-state index in [-0.39, 0.29) is 0 Å². The molecule has 0 aliphatic carbocycles. The van der Waals surface area contributed by atoms with Crippen LogP contribution in [0.5, 0.6) is 0 Å². The molecule has 0 amide bonds. The number of ether oxygens (including phenoxy) is 3. The van der Waals surface area contributed by atoms with Gasteiger partial charge in [0.1, 0.15) is 0 Å². The van der Waals surface area contributed by atoms with E-state index in [0.29, 0.717) is 39.0 Å². The van der Waals surface area contributed by atoms with Gasteiger partial charge in [-0.3, -0.25) is 4.98 Å². The lowest BCUT2D eigenvalue weighted by Crippen LogP contribution is -2.19. The van der Waals surface area contributed by atoms with Crippen LogP contribution in [0.15, 0.2) is 18.2 Å². The van der Waals surface area contributed by atoms with Crippen LogP contribution in [0, 0.1) is 5.92 Å². The van der Waals surface area contributed by atoms with Gasteiger partial charge in [-0.15, -0.1) is 0 Å². The zero-order chi connectivity index (χ0) is 15.3. The van der Waals surface area contributed by atoms with Crippen LogP contribution in [0.3, 0.4) is 0 Å². The van der Waals surface area contributed by atoms with Crippen LogP contribution in [0.1, 0.15) is 25.2 Å². The second-order valence-electron chi connectivity index (χ2n) is 5.30. The second-order valence-corrected chi connectivity index (χ2v) is 5.30. The maximum absolute atomic E-state index is 5.55. The van der Waals surface area contributed by atoms with E-state index in [1.807, 2.05) is 18.2 Å². The third-order valence-corrected chi connectivity index (χ3v) is 2.78. The maximum atomic E-state index is 5.55. The van der Waals surface area contributed by atoms with Gasteiger partial charge in [-0.05, 0) is 24.6 Å². The Labute approximate surface area is 128 Å². The van der Waals surface area contributed by atoms with Crippen LogP contribution >= 0.6 is 0 Å². The minimum atomic E-state index is 0.520. The molecule has 1 rings (SSSR count). The Morgan fingerprint density at radius 3 is 2.52 bits per heavy atom. The predicted octanol–water partition coefficient (Wildman–Crippen LogP) is 2.01. The van der Waals surface area contributed by atoms with Crippen molar-refractivity contribution in [1.82, 2.24) is 10.3 Å². The third-order valence-electron chi connectivity index (χ3n) is 2.78. The van der Waals surface area contributed by atoms with Gasteiger partial charge < -0.3 is 19.5 Å². The molecule has 21 heavy (non-hydrogen) atoms. The lowest BCUT2D eigenvalue weighted by molar-refractivity contribution is 0.0192. The quantitative estimate of drug-likeness (QED) is 0.598. The Kier molecular flexibility index (Phi) is 9.99. The smallest absolute Gasteiger partial charge is 0.0889 e. The highest BCUT2D eigenvalue weighted by Gasteiger charge is 2.00. The molecule has 1 aromatic heterocycles. The van der Waals surface area contributed by atoms with Crippen LogP contribution in [0.2, 0.25) is 0 Å². The summed E-state index contributed by atoms with van der Waals surface area (Å²) in [5.74, 6) is 0.648. The molecule has 5 heteroatoms. The summed E-state index contributed by atoms with van der Waals surface area (Å²) in [4.78, 5) is 4.57. The van der Waals surface area contributed by atoms with Crippen molar-refractivity contribution >= 4 is 0 Å². The summed E-state index contributed by atoms with van der Waals surface area (Å²) >= 11 is 0. The van der Waals surface area contributed by atoms with Crippen LogP contribution < -0.4 is 5.32 Å². The molecule has 1 N–H and O–H groups in total. The second kappa shape index (κ2) is 11.6. The number of hydrogen-bond acceptors (Lipinski definition) is 5. The average Bonchev–Trinajstić information content (AvgIpc) is 2.46. The summed E-state index contributed by atoms with van der Waals surface area (Å²) in [5.41, 5.74) is 2.00. The molecule has 5 nitrogen and oxygen atoms in total. The first kappa shape index (κ1) is 18.0. The van der Waals surface area contributed by atoms with Gasteiger partial charge in [-0.1, -0.05) is 19.9 Å². The third kappa shape index (κ3) is 9.52. The van der Waals surface area contributed by atoms with Gasteiger partial charge in [0.25, 0.3) is 0 Å². The number of rotatable bonds is 12. The lowest BCUT2D eigenvalue weighted by Gasteiger charge is -2.09. The van der Waals surface area contributed by atoms with Crippen LogP contribution in [-0.4, -0.2) is 45.1 Å². The molecule has 0 aromatic carbocycles. The summed E-state index contributed by atoms with van der Waals surface area (Å²) in [5, 5.41) is 3.39. The number of hydrogen-bond donors (Lipinski definition) is 1. The molecule has 0 aliphatic rings. The Hall–Kier alpha value is -1.01. The molecule has 120 valence electrons. The number of aromatic nitrogens is 1. The molecule has 0 spiro atoms. The van der Waals surface area contributed by atoms with E-state index in [1.165, 1.54) is 0 Å². The zero-order valence-corrected chi connectivity index (χ0v) is 13.4. The summed E-state index contributed by atoms with van der Waals surface area (Å²) < 4.78 is 15.8. The van der Waals surface area contributed by atoms with Gasteiger partial charge in [-0.2, -0.15) is 0 Å². The highest BCUT2D eigenvalue weighted by molar-refractivity contribution is 5.10. The molecule has 0 aliphatic heterocycles. The summed E-state index contributed by atoms with van der Waals surface area (Å²) in [6.45, 7) is 9.08. The van der Waals surface area contributed by atoms with E-state index >= 15 is 0 Å². The van der Waals surface area contributed by atoms with Crippen molar-refractivity contribution in [3.05, 3.63) is 29.6 Å². The van der Waals surface area contributed by atoms with Gasteiger partial charge in [0.15, 0.2) is 0 Å². The van der Waals surface area contributed by atoms with E-state index in [4.69, 9.17) is 14.2 Å². The van der Waals surface area contributed by atoms with E-state index in [0.717, 1.165) is 24.5 Å². The molecule has 0 fully saturated rings. The highest BCUT2D eigenvalue weighted by Crippen LogP contribution is 2.02. The number of nitrogens with one attached hydrogen (secondary N) is 1. The first-order valence-corrected chi connectivity index (χ1v) is 7.52. The van der Waals surface area contributed by atoms with Gasteiger partial charge in [0.2, 0.25) is 0 Å². The minimum Gasteiger partial charge on any atom is -0.382 e. The zero-order valence-electron chi connectivity index (χ0n) is 13.4. The first-order chi connectivity index (χ1) is 10.2. The molecule has 0 radical (unpaired) electrons. The van der Waals surface area contributed by atoms with Crippen molar-refractivity contribution in [1.29, 1.82) is 0 Å². The van der Waals surface area contributed by atoms with Gasteiger partial charge in [0, 0.05) is 13.7 Å². The SMILES string of the molecule is COCCOCCOCc1cccc(CNCC(C)C)n1. The summed E-state index contributed by atoms with van der Waals surface area (Å²) in [6, 6.07) is 6.04. The fourth-order valence-electron chi connectivity index (χ4n) is 1.74. The molecular weight excluding hydrogens is 268 g/mol. The van der Waals surface area contributed by atoms with E-state index in [1.54, 1.807) is 7.11 Å². The molecule has 1 heterocycles. The van der Waals surface area contributed by atoms with Crippen LogP contribution in [0.25, 0.3) is 0 Å². The van der Waals surface area contributed by atoms with Crippen molar-refractivity contribution in [3.63, 3.8) is 0 Å². The summed E-state index contributed by atoms with van der Waals surface area (Å²) in [6.07, 6.45) is 0. The van der Waals surface area contributed by atoms with Crippen molar-refractivity contribution in [2.24, 2.45) is 5.92 Å². The first-order valence-electron chi connectivity index (χ1n) is 7.52. The van der Waals surface area contributed by atoms with E-state index in [9.17, 15) is 0 Å². The summed E-state index contributed by atoms with van der Waals surface area (Å²) in [7, 11) is 1.66. The standard InChI is InChI=1S/C16H28N2O3/c1-14(2)11-17-12-15-5-4-6-16(18-15)13-21-10-9-20-8-7-19-3/h4-6,14,17H,7-13H2,1-3H3.